The molecule has 144 valence electrons. The molecule has 0 atom stereocenters. The number of likely N-dealkylation sites (N-methyl/N-ethyl adjacent to an activating group) is 1. The number of ether oxygens (including phenoxy) is 1. The molecule has 3 aromatic rings. The molecule has 0 fully saturated rings. The number of amides is 3. The Morgan fingerprint density at radius 1 is 0.897 bits per heavy atom. The highest BCUT2D eigenvalue weighted by Crippen LogP contribution is 2.32. The van der Waals surface area contributed by atoms with Crippen molar-refractivity contribution in [3.8, 4) is 0 Å². The monoisotopic (exact) mass is 388 g/mol. The fourth-order valence-electron chi connectivity index (χ4n) is 3.30. The number of nitrogens with zero attached hydrogens (tertiary/aromatic N) is 1. The second-order valence-corrected chi connectivity index (χ2v) is 6.45. The fraction of sp³-hybridized carbons (Fsp3) is 0.0909. The zero-order chi connectivity index (χ0) is 20.5. The number of benzene rings is 3. The van der Waals surface area contributed by atoms with Gasteiger partial charge in [0.15, 0.2) is 6.61 Å². The fourth-order valence-corrected chi connectivity index (χ4v) is 3.30. The predicted molar refractivity (Wildman–Crippen MR) is 106 cm³/mol. The molecule has 0 saturated carbocycles. The van der Waals surface area contributed by atoms with Gasteiger partial charge in [-0.1, -0.05) is 24.3 Å². The summed E-state index contributed by atoms with van der Waals surface area (Å²) in [6, 6.07) is 16.6. The molecule has 1 aliphatic rings. The van der Waals surface area contributed by atoms with Crippen molar-refractivity contribution in [2.24, 2.45) is 0 Å². The molecular formula is C22H16N2O5. The number of carbonyl (C=O) groups excluding carboxylic acids is 4. The van der Waals surface area contributed by atoms with E-state index >= 15 is 0 Å². The Morgan fingerprint density at radius 3 is 2.03 bits per heavy atom. The SMILES string of the molecule is CNC(=O)COC(=O)c1ccc(N2C(=O)c3cccc4cccc(c34)C2=O)cc1. The summed E-state index contributed by atoms with van der Waals surface area (Å²) in [6.07, 6.45) is 0. The topological polar surface area (TPSA) is 92.8 Å². The summed E-state index contributed by atoms with van der Waals surface area (Å²) in [5.74, 6) is -1.94. The highest BCUT2D eigenvalue weighted by atomic mass is 16.5. The smallest absolute Gasteiger partial charge is 0.338 e. The van der Waals surface area contributed by atoms with Crippen LogP contribution in [0.5, 0.6) is 0 Å². The minimum atomic E-state index is -0.674. The highest BCUT2D eigenvalue weighted by Gasteiger charge is 2.33. The number of esters is 1. The van der Waals surface area contributed by atoms with E-state index in [-0.39, 0.29) is 12.2 Å². The Morgan fingerprint density at radius 2 is 1.48 bits per heavy atom. The number of carbonyl (C=O) groups is 4. The lowest BCUT2D eigenvalue weighted by Crippen LogP contribution is -2.40. The normalized spacial score (nSPS) is 12.8. The molecule has 1 heterocycles. The van der Waals surface area contributed by atoms with Crippen molar-refractivity contribution in [3.05, 3.63) is 77.4 Å². The van der Waals surface area contributed by atoms with Gasteiger partial charge in [-0.25, -0.2) is 9.69 Å². The first-order valence-corrected chi connectivity index (χ1v) is 8.89. The van der Waals surface area contributed by atoms with Crippen LogP contribution >= 0.6 is 0 Å². The lowest BCUT2D eigenvalue weighted by atomic mass is 9.94. The molecule has 0 saturated heterocycles. The molecular weight excluding hydrogens is 372 g/mol. The Balaban J connectivity index is 1.64. The molecule has 29 heavy (non-hydrogen) atoms. The quantitative estimate of drug-likeness (QED) is 0.548. The molecule has 7 nitrogen and oxygen atoms in total. The maximum atomic E-state index is 13.0. The van der Waals surface area contributed by atoms with E-state index in [9.17, 15) is 19.2 Å². The Kier molecular flexibility index (Phi) is 4.56. The zero-order valence-corrected chi connectivity index (χ0v) is 15.5. The third kappa shape index (κ3) is 3.12. The van der Waals surface area contributed by atoms with Crippen molar-refractivity contribution in [1.82, 2.24) is 5.32 Å². The van der Waals surface area contributed by atoms with Crippen LogP contribution in [-0.4, -0.2) is 37.3 Å². The molecule has 3 aromatic carbocycles. The summed E-state index contributed by atoms with van der Waals surface area (Å²) in [5, 5.41) is 3.83. The third-order valence-corrected chi connectivity index (χ3v) is 4.75. The Hall–Kier alpha value is -4.00. The van der Waals surface area contributed by atoms with E-state index in [1.165, 1.54) is 31.3 Å². The highest BCUT2D eigenvalue weighted by molar-refractivity contribution is 6.35. The number of nitrogens with one attached hydrogen (secondary N) is 1. The zero-order valence-electron chi connectivity index (χ0n) is 15.5. The van der Waals surface area contributed by atoms with E-state index in [0.717, 1.165) is 10.3 Å². The molecule has 3 amide bonds. The van der Waals surface area contributed by atoms with E-state index in [2.05, 4.69) is 5.32 Å². The number of rotatable bonds is 4. The van der Waals surface area contributed by atoms with Crippen LogP contribution in [0.3, 0.4) is 0 Å². The van der Waals surface area contributed by atoms with Crippen LogP contribution in [0.1, 0.15) is 31.1 Å². The largest absolute Gasteiger partial charge is 0.452 e. The molecule has 0 unspecified atom stereocenters. The average molecular weight is 388 g/mol. The van der Waals surface area contributed by atoms with Gasteiger partial charge >= 0.3 is 5.97 Å². The van der Waals surface area contributed by atoms with E-state index < -0.39 is 23.7 Å². The summed E-state index contributed by atoms with van der Waals surface area (Å²) in [5.41, 5.74) is 1.45. The van der Waals surface area contributed by atoms with Gasteiger partial charge in [-0.3, -0.25) is 14.4 Å². The van der Waals surface area contributed by atoms with Gasteiger partial charge in [0.1, 0.15) is 0 Å². The van der Waals surface area contributed by atoms with Gasteiger partial charge in [0.05, 0.1) is 11.3 Å². The molecule has 4 rings (SSSR count). The second-order valence-electron chi connectivity index (χ2n) is 6.45. The lowest BCUT2D eigenvalue weighted by Gasteiger charge is -2.27. The number of hydrogen-bond acceptors (Lipinski definition) is 5. The summed E-state index contributed by atoms with van der Waals surface area (Å²) < 4.78 is 4.89. The van der Waals surface area contributed by atoms with E-state index in [0.29, 0.717) is 22.2 Å². The summed E-state index contributed by atoms with van der Waals surface area (Å²) in [6.45, 7) is -0.388. The molecule has 7 heteroatoms. The first-order chi connectivity index (χ1) is 14.0. The number of hydrogen-bond donors (Lipinski definition) is 1. The summed E-state index contributed by atoms with van der Waals surface area (Å²) >= 11 is 0. The van der Waals surface area contributed by atoms with E-state index in [1.807, 2.05) is 12.1 Å². The first kappa shape index (κ1) is 18.4. The molecule has 0 radical (unpaired) electrons. The second kappa shape index (κ2) is 7.20. The molecule has 0 spiro atoms. The van der Waals surface area contributed by atoms with Crippen molar-refractivity contribution < 1.29 is 23.9 Å². The van der Waals surface area contributed by atoms with Gasteiger partial charge in [0.25, 0.3) is 17.7 Å². The number of anilines is 1. The molecule has 0 bridgehead atoms. The van der Waals surface area contributed by atoms with Gasteiger partial charge in [0, 0.05) is 23.6 Å². The molecule has 0 aliphatic carbocycles. The first-order valence-electron chi connectivity index (χ1n) is 8.89. The van der Waals surface area contributed by atoms with Gasteiger partial charge in [0.2, 0.25) is 0 Å². The van der Waals surface area contributed by atoms with E-state index in [1.54, 1.807) is 24.3 Å². The van der Waals surface area contributed by atoms with Crippen molar-refractivity contribution in [2.75, 3.05) is 18.6 Å². The van der Waals surface area contributed by atoms with Gasteiger partial charge in [-0.05, 0) is 41.8 Å². The van der Waals surface area contributed by atoms with Crippen LogP contribution in [0, 0.1) is 0 Å². The number of imide groups is 1. The van der Waals surface area contributed by atoms with Crippen molar-refractivity contribution in [2.45, 2.75) is 0 Å². The van der Waals surface area contributed by atoms with Crippen molar-refractivity contribution >= 4 is 40.2 Å². The van der Waals surface area contributed by atoms with Crippen LogP contribution in [0.25, 0.3) is 10.8 Å². The lowest BCUT2D eigenvalue weighted by molar-refractivity contribution is -0.123. The van der Waals surface area contributed by atoms with Gasteiger partial charge in [-0.2, -0.15) is 0 Å². The summed E-state index contributed by atoms with van der Waals surface area (Å²) in [4.78, 5) is 50.3. The maximum absolute atomic E-state index is 13.0. The van der Waals surface area contributed by atoms with Gasteiger partial charge < -0.3 is 10.1 Å². The predicted octanol–water partition coefficient (Wildman–Crippen LogP) is 2.54. The van der Waals surface area contributed by atoms with Crippen LogP contribution in [0.15, 0.2) is 60.7 Å². The Bertz CT molecular complexity index is 1120. The third-order valence-electron chi connectivity index (χ3n) is 4.75. The maximum Gasteiger partial charge on any atom is 0.338 e. The minimum absolute atomic E-state index is 0.206. The van der Waals surface area contributed by atoms with Crippen LogP contribution in [0.2, 0.25) is 0 Å². The average Bonchev–Trinajstić information content (AvgIpc) is 2.76. The minimum Gasteiger partial charge on any atom is -0.452 e. The van der Waals surface area contributed by atoms with Crippen LogP contribution < -0.4 is 10.2 Å². The van der Waals surface area contributed by atoms with Crippen LogP contribution in [-0.2, 0) is 9.53 Å². The molecule has 1 aliphatic heterocycles. The van der Waals surface area contributed by atoms with Crippen LogP contribution in [0.4, 0.5) is 5.69 Å². The van der Waals surface area contributed by atoms with E-state index in [4.69, 9.17) is 4.74 Å². The van der Waals surface area contributed by atoms with Gasteiger partial charge in [-0.15, -0.1) is 0 Å². The van der Waals surface area contributed by atoms with Crippen molar-refractivity contribution in [1.29, 1.82) is 0 Å². The van der Waals surface area contributed by atoms with Crippen molar-refractivity contribution in [3.63, 3.8) is 0 Å². The Labute approximate surface area is 165 Å². The standard InChI is InChI=1S/C22H16N2O5/c1-23-18(25)12-29-22(28)14-8-10-15(11-9-14)24-20(26)16-6-2-4-13-5-3-7-17(19(13)16)21(24)27/h2-11H,12H2,1H3,(H,23,25). The molecule has 1 N–H and O–H groups in total. The molecule has 0 aromatic heterocycles. The summed E-state index contributed by atoms with van der Waals surface area (Å²) in [7, 11) is 1.44.